The van der Waals surface area contributed by atoms with E-state index < -0.39 is 6.10 Å². The number of hydrogen-bond donors (Lipinski definition) is 1. The molecule has 0 radical (unpaired) electrons. The SMILES string of the molecule is COc1ncccc1C(O)c1cncnc1. The Labute approximate surface area is 92.8 Å². The molecule has 2 aromatic rings. The summed E-state index contributed by atoms with van der Waals surface area (Å²) in [5.41, 5.74) is 1.20. The number of aliphatic hydroxyl groups excluding tert-OH is 1. The van der Waals surface area contributed by atoms with Gasteiger partial charge in [-0.05, 0) is 12.1 Å². The van der Waals surface area contributed by atoms with Crippen LogP contribution in [0.2, 0.25) is 0 Å². The van der Waals surface area contributed by atoms with Crippen LogP contribution in [0.1, 0.15) is 17.2 Å². The van der Waals surface area contributed by atoms with Crippen molar-refractivity contribution in [2.24, 2.45) is 0 Å². The van der Waals surface area contributed by atoms with Crippen molar-refractivity contribution in [2.75, 3.05) is 7.11 Å². The van der Waals surface area contributed by atoms with E-state index in [0.717, 1.165) is 0 Å². The number of pyridine rings is 1. The van der Waals surface area contributed by atoms with Crippen LogP contribution in [0.5, 0.6) is 5.88 Å². The zero-order chi connectivity index (χ0) is 11.4. The Hall–Kier alpha value is -2.01. The maximum absolute atomic E-state index is 10.1. The van der Waals surface area contributed by atoms with Gasteiger partial charge in [-0.2, -0.15) is 0 Å². The summed E-state index contributed by atoms with van der Waals surface area (Å²) in [5, 5.41) is 10.1. The lowest BCUT2D eigenvalue weighted by atomic mass is 10.1. The van der Waals surface area contributed by atoms with E-state index in [1.807, 2.05) is 0 Å². The van der Waals surface area contributed by atoms with Crippen LogP contribution >= 0.6 is 0 Å². The Bertz CT molecular complexity index is 462. The van der Waals surface area contributed by atoms with E-state index in [9.17, 15) is 5.11 Å². The Balaban J connectivity index is 2.37. The summed E-state index contributed by atoms with van der Waals surface area (Å²) in [7, 11) is 1.51. The molecule has 2 aromatic heterocycles. The lowest BCUT2D eigenvalue weighted by Crippen LogP contribution is -2.04. The number of aromatic nitrogens is 3. The highest BCUT2D eigenvalue weighted by Gasteiger charge is 2.16. The van der Waals surface area contributed by atoms with Gasteiger partial charge >= 0.3 is 0 Å². The molecule has 1 atom stereocenters. The van der Waals surface area contributed by atoms with Crippen molar-refractivity contribution in [3.63, 3.8) is 0 Å². The smallest absolute Gasteiger partial charge is 0.219 e. The standard InChI is InChI=1S/C11H11N3O2/c1-16-11-9(3-2-4-14-11)10(15)8-5-12-7-13-6-8/h2-7,10,15H,1H3. The lowest BCUT2D eigenvalue weighted by Gasteiger charge is -2.12. The predicted octanol–water partition coefficient (Wildman–Crippen LogP) is 0.962. The van der Waals surface area contributed by atoms with Crippen LogP contribution in [-0.2, 0) is 0 Å². The van der Waals surface area contributed by atoms with E-state index in [2.05, 4.69) is 15.0 Å². The van der Waals surface area contributed by atoms with Gasteiger partial charge in [-0.3, -0.25) is 0 Å². The molecule has 0 saturated heterocycles. The highest BCUT2D eigenvalue weighted by Crippen LogP contribution is 2.26. The fourth-order valence-electron chi connectivity index (χ4n) is 1.41. The third-order valence-electron chi connectivity index (χ3n) is 2.18. The number of methoxy groups -OCH3 is 1. The fourth-order valence-corrected chi connectivity index (χ4v) is 1.41. The van der Waals surface area contributed by atoms with Gasteiger partial charge in [0.1, 0.15) is 12.4 Å². The van der Waals surface area contributed by atoms with Gasteiger partial charge in [0.25, 0.3) is 0 Å². The van der Waals surface area contributed by atoms with E-state index in [0.29, 0.717) is 17.0 Å². The molecule has 0 fully saturated rings. The average Bonchev–Trinajstić information content (AvgIpc) is 2.39. The van der Waals surface area contributed by atoms with Crippen LogP contribution in [0.25, 0.3) is 0 Å². The third-order valence-corrected chi connectivity index (χ3v) is 2.18. The van der Waals surface area contributed by atoms with Crippen molar-refractivity contribution in [1.29, 1.82) is 0 Å². The first kappa shape index (κ1) is 10.5. The first-order chi connectivity index (χ1) is 7.83. The zero-order valence-corrected chi connectivity index (χ0v) is 8.74. The summed E-state index contributed by atoms with van der Waals surface area (Å²) >= 11 is 0. The monoisotopic (exact) mass is 217 g/mol. The van der Waals surface area contributed by atoms with E-state index in [1.54, 1.807) is 30.7 Å². The van der Waals surface area contributed by atoms with Crippen molar-refractivity contribution in [1.82, 2.24) is 15.0 Å². The van der Waals surface area contributed by atoms with Gasteiger partial charge in [-0.1, -0.05) is 0 Å². The Morgan fingerprint density at radius 2 is 2.06 bits per heavy atom. The number of ether oxygens (including phenoxy) is 1. The normalized spacial score (nSPS) is 12.1. The van der Waals surface area contributed by atoms with Gasteiger partial charge < -0.3 is 9.84 Å². The molecule has 0 saturated carbocycles. The Kier molecular flexibility index (Phi) is 3.07. The minimum atomic E-state index is -0.829. The van der Waals surface area contributed by atoms with Crippen LogP contribution in [0, 0.1) is 0 Å². The van der Waals surface area contributed by atoms with Gasteiger partial charge in [0.15, 0.2) is 0 Å². The maximum atomic E-state index is 10.1. The van der Waals surface area contributed by atoms with Crippen LogP contribution in [0.4, 0.5) is 0 Å². The van der Waals surface area contributed by atoms with Crippen molar-refractivity contribution in [3.8, 4) is 5.88 Å². The topological polar surface area (TPSA) is 68.1 Å². The van der Waals surface area contributed by atoms with Gasteiger partial charge in [0.05, 0.1) is 7.11 Å². The molecule has 0 spiro atoms. The second-order valence-corrected chi connectivity index (χ2v) is 3.18. The quantitative estimate of drug-likeness (QED) is 0.829. The highest BCUT2D eigenvalue weighted by atomic mass is 16.5. The number of nitrogens with zero attached hydrogens (tertiary/aromatic N) is 3. The van der Waals surface area contributed by atoms with Crippen molar-refractivity contribution < 1.29 is 9.84 Å². The van der Waals surface area contributed by atoms with Crippen LogP contribution in [-0.4, -0.2) is 27.2 Å². The van der Waals surface area contributed by atoms with Crippen molar-refractivity contribution in [2.45, 2.75) is 6.10 Å². The highest BCUT2D eigenvalue weighted by molar-refractivity contribution is 5.33. The molecule has 0 aliphatic heterocycles. The van der Waals surface area contributed by atoms with Crippen LogP contribution < -0.4 is 4.74 Å². The molecule has 2 rings (SSSR count). The molecule has 5 nitrogen and oxygen atoms in total. The largest absolute Gasteiger partial charge is 0.481 e. The Morgan fingerprint density at radius 1 is 1.31 bits per heavy atom. The summed E-state index contributed by atoms with van der Waals surface area (Å²) in [6.45, 7) is 0. The van der Waals surface area contributed by atoms with E-state index in [1.165, 1.54) is 13.4 Å². The Morgan fingerprint density at radius 3 is 2.75 bits per heavy atom. The molecule has 0 aliphatic carbocycles. The molecule has 0 aromatic carbocycles. The lowest BCUT2D eigenvalue weighted by molar-refractivity contribution is 0.212. The van der Waals surface area contributed by atoms with Gasteiger partial charge in [0.2, 0.25) is 5.88 Å². The van der Waals surface area contributed by atoms with Crippen LogP contribution in [0.3, 0.4) is 0 Å². The van der Waals surface area contributed by atoms with Crippen molar-refractivity contribution >= 4 is 0 Å². The number of hydrogen-bond acceptors (Lipinski definition) is 5. The number of rotatable bonds is 3. The molecular formula is C11H11N3O2. The van der Waals surface area contributed by atoms with Crippen molar-refractivity contribution in [3.05, 3.63) is 48.2 Å². The zero-order valence-electron chi connectivity index (χ0n) is 8.74. The molecule has 0 bridgehead atoms. The molecule has 16 heavy (non-hydrogen) atoms. The molecular weight excluding hydrogens is 206 g/mol. The molecule has 0 aliphatic rings. The molecule has 5 heteroatoms. The maximum Gasteiger partial charge on any atom is 0.219 e. The second kappa shape index (κ2) is 4.67. The van der Waals surface area contributed by atoms with Gasteiger partial charge in [0, 0.05) is 29.7 Å². The molecule has 2 heterocycles. The summed E-state index contributed by atoms with van der Waals surface area (Å²) in [6.07, 6.45) is 5.31. The van der Waals surface area contributed by atoms with Gasteiger partial charge in [-0.15, -0.1) is 0 Å². The molecule has 1 N–H and O–H groups in total. The summed E-state index contributed by atoms with van der Waals surface area (Å²) in [6, 6.07) is 3.49. The van der Waals surface area contributed by atoms with Crippen LogP contribution in [0.15, 0.2) is 37.1 Å². The minimum absolute atomic E-state index is 0.402. The first-order valence-corrected chi connectivity index (χ1v) is 4.75. The molecule has 1 unspecified atom stereocenters. The van der Waals surface area contributed by atoms with Gasteiger partial charge in [-0.25, -0.2) is 15.0 Å². The number of aliphatic hydroxyl groups is 1. The summed E-state index contributed by atoms with van der Waals surface area (Å²) in [5.74, 6) is 0.402. The predicted molar refractivity (Wildman–Crippen MR) is 56.9 cm³/mol. The van der Waals surface area contributed by atoms with E-state index in [-0.39, 0.29) is 0 Å². The van der Waals surface area contributed by atoms with E-state index in [4.69, 9.17) is 4.74 Å². The first-order valence-electron chi connectivity index (χ1n) is 4.75. The third kappa shape index (κ3) is 1.99. The molecule has 82 valence electrons. The summed E-state index contributed by atoms with van der Waals surface area (Å²) in [4.78, 5) is 11.7. The summed E-state index contributed by atoms with van der Waals surface area (Å²) < 4.78 is 5.08. The second-order valence-electron chi connectivity index (χ2n) is 3.18. The molecule has 0 amide bonds. The average molecular weight is 217 g/mol. The minimum Gasteiger partial charge on any atom is -0.481 e. The van der Waals surface area contributed by atoms with E-state index >= 15 is 0 Å². The fraction of sp³-hybridized carbons (Fsp3) is 0.182.